The molecule has 19 heavy (non-hydrogen) atoms. The Hall–Kier alpha value is -1.27. The smallest absolute Gasteiger partial charge is 0.235 e. The Morgan fingerprint density at radius 3 is 2.79 bits per heavy atom. The number of thioether (sulfide) groups is 1. The van der Waals surface area contributed by atoms with Gasteiger partial charge in [0.15, 0.2) is 0 Å². The molecule has 1 atom stereocenters. The maximum absolute atomic E-state index is 13.7. The third kappa shape index (κ3) is 3.61. The predicted octanol–water partition coefficient (Wildman–Crippen LogP) is 1.32. The maximum atomic E-state index is 13.7. The van der Waals surface area contributed by atoms with E-state index in [9.17, 15) is 9.18 Å². The molecule has 0 bridgehead atoms. The van der Waals surface area contributed by atoms with E-state index in [1.807, 2.05) is 11.8 Å². The first kappa shape index (κ1) is 14.1. The normalized spacial score (nSPS) is 17.3. The molecule has 0 radical (unpaired) electrons. The van der Waals surface area contributed by atoms with Gasteiger partial charge in [-0.2, -0.15) is 0 Å². The Labute approximate surface area is 116 Å². The molecule has 1 aliphatic heterocycles. The van der Waals surface area contributed by atoms with Gasteiger partial charge < -0.3 is 16.0 Å². The van der Waals surface area contributed by atoms with Crippen LogP contribution in [0.2, 0.25) is 0 Å². The summed E-state index contributed by atoms with van der Waals surface area (Å²) in [5, 5.41) is 2.90. The number of hydrogen-bond acceptors (Lipinski definition) is 4. The quantitative estimate of drug-likeness (QED) is 0.649. The van der Waals surface area contributed by atoms with Gasteiger partial charge in [0.2, 0.25) is 5.91 Å². The van der Waals surface area contributed by atoms with Crippen molar-refractivity contribution in [2.24, 2.45) is 0 Å². The van der Waals surface area contributed by atoms with Crippen molar-refractivity contribution in [1.82, 2.24) is 10.2 Å². The number of nitrogen functional groups attached to an aromatic ring is 1. The fraction of sp³-hybridized carbons (Fsp3) is 0.462. The van der Waals surface area contributed by atoms with Crippen LogP contribution in [-0.2, 0) is 4.79 Å². The SMILES string of the molecule is CC(Sc1ccc(N)cc1F)C(=O)N1CCNCC1. The van der Waals surface area contributed by atoms with E-state index in [2.05, 4.69) is 5.32 Å². The van der Waals surface area contributed by atoms with Gasteiger partial charge in [0.05, 0.1) is 5.25 Å². The van der Waals surface area contributed by atoms with Crippen LogP contribution < -0.4 is 11.1 Å². The first-order valence-electron chi connectivity index (χ1n) is 6.29. The van der Waals surface area contributed by atoms with Crippen LogP contribution >= 0.6 is 11.8 Å². The van der Waals surface area contributed by atoms with E-state index >= 15 is 0 Å². The molecule has 1 amide bonds. The van der Waals surface area contributed by atoms with E-state index in [0.717, 1.165) is 13.1 Å². The number of benzene rings is 1. The lowest BCUT2D eigenvalue weighted by Crippen LogP contribution is -2.48. The molecule has 0 saturated carbocycles. The number of nitrogens with zero attached hydrogens (tertiary/aromatic N) is 1. The summed E-state index contributed by atoms with van der Waals surface area (Å²) in [6, 6.07) is 4.55. The molecule has 1 aliphatic rings. The number of anilines is 1. The van der Waals surface area contributed by atoms with Gasteiger partial charge in [-0.25, -0.2) is 4.39 Å². The van der Waals surface area contributed by atoms with Gasteiger partial charge in [0.1, 0.15) is 5.82 Å². The van der Waals surface area contributed by atoms with Crippen LogP contribution in [0.5, 0.6) is 0 Å². The molecule has 0 spiro atoms. The second kappa shape index (κ2) is 6.25. The lowest BCUT2D eigenvalue weighted by atomic mass is 10.3. The van der Waals surface area contributed by atoms with Gasteiger partial charge in [0, 0.05) is 36.8 Å². The number of piperazine rings is 1. The summed E-state index contributed by atoms with van der Waals surface area (Å²) in [6.07, 6.45) is 0. The minimum Gasteiger partial charge on any atom is -0.399 e. The van der Waals surface area contributed by atoms with Crippen LogP contribution in [0.3, 0.4) is 0 Å². The summed E-state index contributed by atoms with van der Waals surface area (Å²) in [7, 11) is 0. The van der Waals surface area contributed by atoms with Crippen molar-refractivity contribution in [2.45, 2.75) is 17.1 Å². The van der Waals surface area contributed by atoms with E-state index < -0.39 is 0 Å². The zero-order valence-corrected chi connectivity index (χ0v) is 11.7. The summed E-state index contributed by atoms with van der Waals surface area (Å²) < 4.78 is 13.7. The number of nitrogens with one attached hydrogen (secondary N) is 1. The first-order chi connectivity index (χ1) is 9.08. The number of halogens is 1. The Kier molecular flexibility index (Phi) is 4.66. The van der Waals surface area contributed by atoms with Gasteiger partial charge in [0.25, 0.3) is 0 Å². The van der Waals surface area contributed by atoms with Crippen LogP contribution in [-0.4, -0.2) is 42.2 Å². The first-order valence-corrected chi connectivity index (χ1v) is 7.17. The second-order valence-electron chi connectivity index (χ2n) is 4.53. The molecular weight excluding hydrogens is 265 g/mol. The molecule has 0 aliphatic carbocycles. The highest BCUT2D eigenvalue weighted by molar-refractivity contribution is 8.00. The summed E-state index contributed by atoms with van der Waals surface area (Å²) in [5.74, 6) is -0.312. The third-order valence-corrected chi connectivity index (χ3v) is 4.18. The second-order valence-corrected chi connectivity index (χ2v) is 5.91. The summed E-state index contributed by atoms with van der Waals surface area (Å²) in [4.78, 5) is 14.5. The highest BCUT2D eigenvalue weighted by atomic mass is 32.2. The van der Waals surface area contributed by atoms with Gasteiger partial charge >= 0.3 is 0 Å². The standard InChI is InChI=1S/C13H18FN3OS/c1-9(13(18)17-6-4-16-5-7-17)19-12-3-2-10(15)8-11(12)14/h2-3,8-9,16H,4-7,15H2,1H3. The molecule has 6 heteroatoms. The molecule has 1 fully saturated rings. The highest BCUT2D eigenvalue weighted by Gasteiger charge is 2.23. The number of hydrogen-bond donors (Lipinski definition) is 2. The molecule has 0 aromatic heterocycles. The topological polar surface area (TPSA) is 58.4 Å². The van der Waals surface area contributed by atoms with Crippen LogP contribution in [0.15, 0.2) is 23.1 Å². The van der Waals surface area contributed by atoms with Crippen LogP contribution in [0.4, 0.5) is 10.1 Å². The maximum Gasteiger partial charge on any atom is 0.235 e. The number of amides is 1. The molecule has 2 rings (SSSR count). The summed E-state index contributed by atoms with van der Waals surface area (Å²) >= 11 is 1.24. The number of nitrogens with two attached hydrogens (primary N) is 1. The van der Waals surface area contributed by atoms with Crippen molar-refractivity contribution in [3.63, 3.8) is 0 Å². The van der Waals surface area contributed by atoms with E-state index in [-0.39, 0.29) is 17.0 Å². The van der Waals surface area contributed by atoms with E-state index in [4.69, 9.17) is 5.73 Å². The molecule has 1 unspecified atom stereocenters. The van der Waals surface area contributed by atoms with Crippen LogP contribution in [0.25, 0.3) is 0 Å². The fourth-order valence-corrected chi connectivity index (χ4v) is 2.94. The lowest BCUT2D eigenvalue weighted by Gasteiger charge is -2.29. The average molecular weight is 283 g/mol. The number of carbonyl (C=O) groups is 1. The Balaban J connectivity index is 1.99. The molecule has 3 N–H and O–H groups in total. The van der Waals surface area contributed by atoms with Crippen LogP contribution in [0.1, 0.15) is 6.92 Å². The molecule has 1 saturated heterocycles. The van der Waals surface area contributed by atoms with Crippen molar-refractivity contribution in [3.8, 4) is 0 Å². The van der Waals surface area contributed by atoms with Crippen LogP contribution in [0, 0.1) is 5.82 Å². The average Bonchev–Trinajstić information content (AvgIpc) is 2.42. The number of rotatable bonds is 3. The fourth-order valence-electron chi connectivity index (χ4n) is 2.00. The largest absolute Gasteiger partial charge is 0.399 e. The zero-order chi connectivity index (χ0) is 13.8. The summed E-state index contributed by atoms with van der Waals surface area (Å²) in [6.45, 7) is 4.88. The molecule has 1 heterocycles. The Morgan fingerprint density at radius 2 is 2.16 bits per heavy atom. The van der Waals surface area contributed by atoms with E-state index in [0.29, 0.717) is 23.7 Å². The third-order valence-electron chi connectivity index (χ3n) is 3.04. The summed E-state index contributed by atoms with van der Waals surface area (Å²) in [5.41, 5.74) is 5.90. The van der Waals surface area contributed by atoms with Gasteiger partial charge in [-0.05, 0) is 25.1 Å². The van der Waals surface area contributed by atoms with E-state index in [1.54, 1.807) is 12.1 Å². The molecule has 1 aromatic rings. The van der Waals surface area contributed by atoms with Crippen molar-refractivity contribution in [2.75, 3.05) is 31.9 Å². The molecular formula is C13H18FN3OS. The Morgan fingerprint density at radius 1 is 1.47 bits per heavy atom. The van der Waals surface area contributed by atoms with Gasteiger partial charge in [-0.15, -0.1) is 11.8 Å². The predicted molar refractivity (Wildman–Crippen MR) is 75.6 cm³/mol. The Bertz CT molecular complexity index is 463. The molecule has 104 valence electrons. The van der Waals surface area contributed by atoms with Gasteiger partial charge in [-0.1, -0.05) is 0 Å². The van der Waals surface area contributed by atoms with E-state index in [1.165, 1.54) is 17.8 Å². The minimum absolute atomic E-state index is 0.0581. The number of carbonyl (C=O) groups excluding carboxylic acids is 1. The molecule has 4 nitrogen and oxygen atoms in total. The van der Waals surface area contributed by atoms with Crippen molar-refractivity contribution in [1.29, 1.82) is 0 Å². The molecule has 1 aromatic carbocycles. The lowest BCUT2D eigenvalue weighted by molar-refractivity contribution is -0.130. The zero-order valence-electron chi connectivity index (χ0n) is 10.9. The minimum atomic E-state index is -0.370. The van der Waals surface area contributed by atoms with Gasteiger partial charge in [-0.3, -0.25) is 4.79 Å². The van der Waals surface area contributed by atoms with Crippen molar-refractivity contribution in [3.05, 3.63) is 24.0 Å². The monoisotopic (exact) mass is 283 g/mol. The highest BCUT2D eigenvalue weighted by Crippen LogP contribution is 2.28. The van der Waals surface area contributed by atoms with Crippen molar-refractivity contribution < 1.29 is 9.18 Å². The van der Waals surface area contributed by atoms with Crippen molar-refractivity contribution >= 4 is 23.4 Å².